The number of benzene rings is 3. The summed E-state index contributed by atoms with van der Waals surface area (Å²) in [6.07, 6.45) is 0. The minimum absolute atomic E-state index is 0.0358. The van der Waals surface area contributed by atoms with E-state index in [1.54, 1.807) is 24.1 Å². The van der Waals surface area contributed by atoms with E-state index in [0.29, 0.717) is 29.7 Å². The highest BCUT2D eigenvalue weighted by atomic mass is 35.5. The van der Waals surface area contributed by atoms with Crippen LogP contribution in [-0.4, -0.2) is 47.4 Å². The first-order valence-corrected chi connectivity index (χ1v) is 12.5. The van der Waals surface area contributed by atoms with Gasteiger partial charge in [0.25, 0.3) is 0 Å². The van der Waals surface area contributed by atoms with Crippen LogP contribution in [0.3, 0.4) is 0 Å². The molecule has 6 nitrogen and oxygen atoms in total. The van der Waals surface area contributed by atoms with Gasteiger partial charge in [0.05, 0.1) is 19.8 Å². The molecule has 2 amide bonds. The Kier molecular flexibility index (Phi) is 5.45. The fraction of sp³-hybridized carbons (Fsp3) is 0.310. The number of hydrogen-bond donors (Lipinski definition) is 0. The molecule has 3 aliphatic rings. The number of hydrogen-bond acceptors (Lipinski definition) is 4. The Balaban J connectivity index is 1.46. The Morgan fingerprint density at radius 1 is 1.06 bits per heavy atom. The fourth-order valence-corrected chi connectivity index (χ4v) is 6.56. The van der Waals surface area contributed by atoms with Crippen molar-refractivity contribution >= 4 is 23.4 Å². The summed E-state index contributed by atoms with van der Waals surface area (Å²) in [6.45, 7) is 2.73. The highest BCUT2D eigenvalue weighted by Gasteiger charge is 2.66. The monoisotopic (exact) mass is 502 g/mol. The SMILES string of the molecule is COc1ccc2c(c1)OCC1C2N2C(=O)CN(Cc3ccc(Cl)cc3)C(=O)[C@@]2(C)C1c1ccccc1. The Morgan fingerprint density at radius 3 is 2.53 bits per heavy atom. The van der Waals surface area contributed by atoms with Gasteiger partial charge in [-0.05, 0) is 42.3 Å². The maximum absolute atomic E-state index is 14.3. The van der Waals surface area contributed by atoms with Gasteiger partial charge in [0, 0.05) is 35.0 Å². The lowest BCUT2D eigenvalue weighted by molar-refractivity contribution is -0.164. The molecule has 3 aromatic rings. The second-order valence-electron chi connectivity index (χ2n) is 9.91. The lowest BCUT2D eigenvalue weighted by atomic mass is 9.73. The number of amides is 2. The summed E-state index contributed by atoms with van der Waals surface area (Å²) < 4.78 is 11.6. The second kappa shape index (κ2) is 8.56. The van der Waals surface area contributed by atoms with E-state index in [0.717, 1.165) is 16.7 Å². The number of nitrogens with zero attached hydrogens (tertiary/aromatic N) is 2. The fourth-order valence-electron chi connectivity index (χ4n) is 6.44. The Labute approximate surface area is 215 Å². The standard InChI is InChI=1S/C29H27ClN2O4/c1-29-26(19-6-4-3-5-7-19)23-17-36-24-14-21(35-2)12-13-22(24)27(23)32(29)25(33)16-31(28(29)34)15-18-8-10-20(30)11-9-18/h3-14,23,26-27H,15-17H2,1-2H3/t23?,26?,27?,29-/m1/s1. The van der Waals surface area contributed by atoms with E-state index in [2.05, 4.69) is 12.1 Å². The molecule has 4 atom stereocenters. The molecule has 0 aliphatic carbocycles. The van der Waals surface area contributed by atoms with Gasteiger partial charge >= 0.3 is 0 Å². The molecule has 7 heteroatoms. The van der Waals surface area contributed by atoms with Crippen LogP contribution in [0.15, 0.2) is 72.8 Å². The van der Waals surface area contributed by atoms with Crippen LogP contribution in [-0.2, 0) is 16.1 Å². The van der Waals surface area contributed by atoms with E-state index >= 15 is 0 Å². The van der Waals surface area contributed by atoms with Gasteiger partial charge in [0.2, 0.25) is 11.8 Å². The zero-order valence-corrected chi connectivity index (χ0v) is 20.9. The molecule has 0 radical (unpaired) electrons. The van der Waals surface area contributed by atoms with E-state index in [4.69, 9.17) is 21.1 Å². The minimum atomic E-state index is -1.05. The minimum Gasteiger partial charge on any atom is -0.497 e. The number of halogens is 1. The molecule has 36 heavy (non-hydrogen) atoms. The quantitative estimate of drug-likeness (QED) is 0.513. The molecule has 2 saturated heterocycles. The summed E-state index contributed by atoms with van der Waals surface area (Å²) in [5.41, 5.74) is 1.84. The average Bonchev–Trinajstić information content (AvgIpc) is 3.18. The third-order valence-corrected chi connectivity index (χ3v) is 8.20. The van der Waals surface area contributed by atoms with Crippen LogP contribution in [0.1, 0.15) is 35.6 Å². The summed E-state index contributed by atoms with van der Waals surface area (Å²) in [7, 11) is 1.62. The molecule has 3 heterocycles. The third kappa shape index (κ3) is 3.39. The molecule has 0 spiro atoms. The molecule has 3 unspecified atom stereocenters. The lowest BCUT2D eigenvalue weighted by Crippen LogP contribution is -2.65. The number of ether oxygens (including phenoxy) is 2. The van der Waals surface area contributed by atoms with Crippen LogP contribution in [0.5, 0.6) is 11.5 Å². The van der Waals surface area contributed by atoms with Crippen molar-refractivity contribution in [3.05, 3.63) is 94.5 Å². The van der Waals surface area contributed by atoms with E-state index in [-0.39, 0.29) is 36.2 Å². The van der Waals surface area contributed by atoms with Crippen molar-refractivity contribution in [3.63, 3.8) is 0 Å². The molecule has 184 valence electrons. The summed E-state index contributed by atoms with van der Waals surface area (Å²) in [6, 6.07) is 22.9. The molecule has 0 bridgehead atoms. The molecular weight excluding hydrogens is 476 g/mol. The van der Waals surface area contributed by atoms with Gasteiger partial charge in [-0.3, -0.25) is 9.59 Å². The molecule has 6 rings (SSSR count). The number of methoxy groups -OCH3 is 1. The van der Waals surface area contributed by atoms with Crippen molar-refractivity contribution in [2.75, 3.05) is 20.3 Å². The number of fused-ring (bicyclic) bond motifs is 5. The normalized spacial score (nSPS) is 26.7. The molecule has 2 fully saturated rings. The Morgan fingerprint density at radius 2 is 1.81 bits per heavy atom. The Hall–Kier alpha value is -3.51. The van der Waals surface area contributed by atoms with Crippen molar-refractivity contribution in [2.45, 2.75) is 31.0 Å². The number of carbonyl (C=O) groups is 2. The van der Waals surface area contributed by atoms with E-state index in [1.165, 1.54) is 0 Å². The van der Waals surface area contributed by atoms with Gasteiger partial charge in [-0.1, -0.05) is 54.1 Å². The van der Waals surface area contributed by atoms with Crippen molar-refractivity contribution < 1.29 is 19.1 Å². The zero-order valence-electron chi connectivity index (χ0n) is 20.2. The third-order valence-electron chi connectivity index (χ3n) is 7.95. The molecule has 3 aliphatic heterocycles. The van der Waals surface area contributed by atoms with E-state index < -0.39 is 5.54 Å². The van der Waals surface area contributed by atoms with Gasteiger partial charge in [-0.2, -0.15) is 0 Å². The topological polar surface area (TPSA) is 59.1 Å². The first-order chi connectivity index (χ1) is 17.4. The first-order valence-electron chi connectivity index (χ1n) is 12.1. The van der Waals surface area contributed by atoms with Crippen LogP contribution in [0, 0.1) is 5.92 Å². The van der Waals surface area contributed by atoms with Crippen molar-refractivity contribution in [1.29, 1.82) is 0 Å². The van der Waals surface area contributed by atoms with Gasteiger partial charge < -0.3 is 19.3 Å². The zero-order chi connectivity index (χ0) is 25.0. The van der Waals surface area contributed by atoms with E-state index in [1.807, 2.05) is 60.4 Å². The maximum atomic E-state index is 14.3. The summed E-state index contributed by atoms with van der Waals surface area (Å²) in [5.74, 6) is 1.02. The van der Waals surface area contributed by atoms with Crippen molar-refractivity contribution in [1.82, 2.24) is 9.80 Å². The van der Waals surface area contributed by atoms with Crippen LogP contribution < -0.4 is 9.47 Å². The predicted octanol–water partition coefficient (Wildman–Crippen LogP) is 4.83. The van der Waals surface area contributed by atoms with Crippen LogP contribution in [0.25, 0.3) is 0 Å². The molecule has 0 N–H and O–H groups in total. The first kappa shape index (κ1) is 22.9. The molecule has 0 saturated carbocycles. The van der Waals surface area contributed by atoms with Gasteiger partial charge in [-0.25, -0.2) is 0 Å². The van der Waals surface area contributed by atoms with Crippen LogP contribution in [0.4, 0.5) is 0 Å². The van der Waals surface area contributed by atoms with Crippen LogP contribution >= 0.6 is 11.6 Å². The predicted molar refractivity (Wildman–Crippen MR) is 136 cm³/mol. The van der Waals surface area contributed by atoms with Crippen molar-refractivity contribution in [2.24, 2.45) is 5.92 Å². The van der Waals surface area contributed by atoms with Crippen LogP contribution in [0.2, 0.25) is 5.02 Å². The summed E-state index contributed by atoms with van der Waals surface area (Å²) >= 11 is 6.06. The number of carbonyl (C=O) groups excluding carboxylic acids is 2. The van der Waals surface area contributed by atoms with Crippen molar-refractivity contribution in [3.8, 4) is 11.5 Å². The molecule has 0 aromatic heterocycles. The smallest absolute Gasteiger partial charge is 0.249 e. The highest BCUT2D eigenvalue weighted by molar-refractivity contribution is 6.30. The largest absolute Gasteiger partial charge is 0.497 e. The second-order valence-corrected chi connectivity index (χ2v) is 10.3. The average molecular weight is 503 g/mol. The number of rotatable bonds is 4. The van der Waals surface area contributed by atoms with Gasteiger partial charge in [0.1, 0.15) is 23.6 Å². The maximum Gasteiger partial charge on any atom is 0.249 e. The Bertz CT molecular complexity index is 1330. The van der Waals surface area contributed by atoms with E-state index in [9.17, 15) is 9.59 Å². The highest BCUT2D eigenvalue weighted by Crippen LogP contribution is 2.60. The molecule has 3 aromatic carbocycles. The lowest BCUT2D eigenvalue weighted by Gasteiger charge is -2.47. The van der Waals surface area contributed by atoms with Gasteiger partial charge in [-0.15, -0.1) is 0 Å². The molecular formula is C29H27ClN2O4. The summed E-state index contributed by atoms with van der Waals surface area (Å²) in [4.78, 5) is 31.8. The summed E-state index contributed by atoms with van der Waals surface area (Å²) in [5, 5.41) is 0.636. The van der Waals surface area contributed by atoms with Gasteiger partial charge in [0.15, 0.2) is 0 Å². The number of piperazine rings is 1.